The van der Waals surface area contributed by atoms with E-state index in [4.69, 9.17) is 0 Å². The molecule has 0 spiro atoms. The molecule has 174 valence electrons. The number of carbonyl (C=O) groups excluding carboxylic acids is 1. The Morgan fingerprint density at radius 2 is 1.70 bits per heavy atom. The van der Waals surface area contributed by atoms with Crippen molar-refractivity contribution in [3.63, 3.8) is 0 Å². The van der Waals surface area contributed by atoms with E-state index in [-0.39, 0.29) is 16.2 Å². The van der Waals surface area contributed by atoms with Crippen LogP contribution < -0.4 is 10.0 Å². The molecular formula is C26H30N2O3S2. The van der Waals surface area contributed by atoms with Crippen LogP contribution in [0.3, 0.4) is 0 Å². The number of hydrogen-bond acceptors (Lipinski definition) is 4. The molecule has 2 N–H and O–H groups in total. The van der Waals surface area contributed by atoms with Crippen LogP contribution in [-0.4, -0.2) is 14.3 Å². The highest BCUT2D eigenvalue weighted by molar-refractivity contribution is 7.93. The van der Waals surface area contributed by atoms with Gasteiger partial charge in [0.05, 0.1) is 10.5 Å². The molecule has 0 unspecified atom stereocenters. The fourth-order valence-electron chi connectivity index (χ4n) is 4.25. The smallest absolute Gasteiger partial charge is 0.262 e. The largest absolute Gasteiger partial charge is 0.322 e. The topological polar surface area (TPSA) is 75.3 Å². The molecule has 1 atom stereocenters. The number of benzene rings is 2. The van der Waals surface area contributed by atoms with Gasteiger partial charge in [0.1, 0.15) is 5.00 Å². The lowest BCUT2D eigenvalue weighted by molar-refractivity contribution is 0.102. The summed E-state index contributed by atoms with van der Waals surface area (Å²) in [4.78, 5) is 14.7. The summed E-state index contributed by atoms with van der Waals surface area (Å²) in [5.41, 5.74) is 3.35. The normalized spacial score (nSPS) is 16.2. The van der Waals surface area contributed by atoms with Crippen molar-refractivity contribution in [1.82, 2.24) is 0 Å². The highest BCUT2D eigenvalue weighted by Gasteiger charge is 2.34. The molecule has 5 nitrogen and oxygen atoms in total. The average Bonchev–Trinajstić information content (AvgIpc) is 3.11. The first-order valence-corrected chi connectivity index (χ1v) is 13.4. The average molecular weight is 483 g/mol. The summed E-state index contributed by atoms with van der Waals surface area (Å²) in [6.07, 6.45) is 2.59. The summed E-state index contributed by atoms with van der Waals surface area (Å²) in [7, 11) is -3.81. The first-order valence-electron chi connectivity index (χ1n) is 11.1. The fraction of sp³-hybridized carbons (Fsp3) is 0.346. The van der Waals surface area contributed by atoms with Crippen molar-refractivity contribution in [2.45, 2.75) is 51.9 Å². The molecule has 1 aromatic heterocycles. The van der Waals surface area contributed by atoms with Gasteiger partial charge in [-0.05, 0) is 67.3 Å². The minimum atomic E-state index is -3.81. The van der Waals surface area contributed by atoms with Gasteiger partial charge in [-0.1, -0.05) is 56.7 Å². The molecule has 0 saturated heterocycles. The summed E-state index contributed by atoms with van der Waals surface area (Å²) < 4.78 is 28.9. The summed E-state index contributed by atoms with van der Waals surface area (Å²) >= 11 is 1.39. The molecule has 1 aliphatic carbocycles. The standard InChI is InChI=1S/C26H30N2O3S2/c1-17-10-13-19(14-11-17)27-24(29)23-21-15-12-18(26(2,3)4)16-22(21)32-25(23)28-33(30,31)20-8-6-5-7-9-20/h5-11,13-14,18,28H,12,15-16H2,1-4H3,(H,27,29)/t18-/m0/s1. The Hall–Kier alpha value is -2.64. The number of aryl methyl sites for hydroxylation is 1. The van der Waals surface area contributed by atoms with E-state index in [9.17, 15) is 13.2 Å². The number of anilines is 2. The van der Waals surface area contributed by atoms with Gasteiger partial charge in [-0.25, -0.2) is 8.42 Å². The van der Waals surface area contributed by atoms with Gasteiger partial charge in [-0.3, -0.25) is 9.52 Å². The van der Waals surface area contributed by atoms with Crippen molar-refractivity contribution in [2.75, 3.05) is 10.0 Å². The predicted molar refractivity (Wildman–Crippen MR) is 136 cm³/mol. The van der Waals surface area contributed by atoms with Gasteiger partial charge in [0.15, 0.2) is 0 Å². The second-order valence-corrected chi connectivity index (χ2v) is 12.5. The third-order valence-corrected chi connectivity index (χ3v) is 8.97. The zero-order valence-electron chi connectivity index (χ0n) is 19.4. The van der Waals surface area contributed by atoms with Crippen LogP contribution in [0.1, 0.15) is 53.6 Å². The molecule has 3 aromatic rings. The number of thiophene rings is 1. The molecule has 0 fully saturated rings. The fourth-order valence-corrected chi connectivity index (χ4v) is 6.90. The van der Waals surface area contributed by atoms with E-state index in [1.54, 1.807) is 30.3 Å². The van der Waals surface area contributed by atoms with Crippen molar-refractivity contribution in [3.8, 4) is 0 Å². The number of carbonyl (C=O) groups is 1. The molecule has 2 aromatic carbocycles. The van der Waals surface area contributed by atoms with Crippen molar-refractivity contribution < 1.29 is 13.2 Å². The maximum absolute atomic E-state index is 13.4. The van der Waals surface area contributed by atoms with Crippen LogP contribution in [0.2, 0.25) is 0 Å². The van der Waals surface area contributed by atoms with Gasteiger partial charge in [-0.15, -0.1) is 11.3 Å². The lowest BCUT2D eigenvalue weighted by Crippen LogP contribution is -2.27. The second kappa shape index (κ2) is 8.95. The third-order valence-electron chi connectivity index (χ3n) is 6.31. The lowest BCUT2D eigenvalue weighted by Gasteiger charge is -2.33. The Morgan fingerprint density at radius 1 is 1.03 bits per heavy atom. The first kappa shape index (κ1) is 23.5. The quantitative estimate of drug-likeness (QED) is 0.451. The van der Waals surface area contributed by atoms with Crippen molar-refractivity contribution >= 4 is 38.0 Å². The number of amides is 1. The molecule has 0 bridgehead atoms. The van der Waals surface area contributed by atoms with Crippen LogP contribution in [-0.2, 0) is 22.9 Å². The molecule has 4 rings (SSSR count). The molecule has 1 amide bonds. The van der Waals surface area contributed by atoms with E-state index in [2.05, 4.69) is 30.8 Å². The van der Waals surface area contributed by atoms with Gasteiger partial charge < -0.3 is 5.32 Å². The Bertz CT molecular complexity index is 1260. The predicted octanol–water partition coefficient (Wildman–Crippen LogP) is 6.26. The summed E-state index contributed by atoms with van der Waals surface area (Å²) in [5, 5.41) is 3.35. The molecule has 33 heavy (non-hydrogen) atoms. The first-order chi connectivity index (χ1) is 15.5. The molecule has 0 saturated carbocycles. The van der Waals surface area contributed by atoms with Crippen LogP contribution >= 0.6 is 11.3 Å². The van der Waals surface area contributed by atoms with Crippen molar-refractivity contribution in [2.24, 2.45) is 11.3 Å². The van der Waals surface area contributed by atoms with Crippen LogP contribution in [0.4, 0.5) is 10.7 Å². The maximum Gasteiger partial charge on any atom is 0.262 e. The number of fused-ring (bicyclic) bond motifs is 1. The van der Waals surface area contributed by atoms with E-state index in [0.29, 0.717) is 22.2 Å². The van der Waals surface area contributed by atoms with E-state index in [0.717, 1.165) is 35.3 Å². The molecular weight excluding hydrogens is 452 g/mol. The SMILES string of the molecule is Cc1ccc(NC(=O)c2c(NS(=O)(=O)c3ccccc3)sc3c2CC[C@H](C(C)(C)C)C3)cc1. The van der Waals surface area contributed by atoms with E-state index in [1.165, 1.54) is 11.3 Å². The molecule has 1 aliphatic rings. The number of sulfonamides is 1. The Morgan fingerprint density at radius 3 is 2.33 bits per heavy atom. The molecule has 7 heteroatoms. The van der Waals surface area contributed by atoms with Gasteiger partial charge in [0.2, 0.25) is 0 Å². The highest BCUT2D eigenvalue weighted by atomic mass is 32.2. The van der Waals surface area contributed by atoms with Crippen molar-refractivity contribution in [1.29, 1.82) is 0 Å². The Kier molecular flexibility index (Phi) is 6.38. The number of rotatable bonds is 5. The van der Waals surface area contributed by atoms with Gasteiger partial charge in [0, 0.05) is 10.6 Å². The minimum absolute atomic E-state index is 0.149. The Balaban J connectivity index is 1.72. The van der Waals surface area contributed by atoms with E-state index < -0.39 is 10.0 Å². The Labute approximate surface area is 200 Å². The zero-order valence-corrected chi connectivity index (χ0v) is 21.1. The molecule has 0 aliphatic heterocycles. The molecule has 0 radical (unpaired) electrons. The monoisotopic (exact) mass is 482 g/mol. The van der Waals surface area contributed by atoms with E-state index >= 15 is 0 Å². The van der Waals surface area contributed by atoms with E-state index in [1.807, 2.05) is 31.2 Å². The second-order valence-electron chi connectivity index (χ2n) is 9.75. The van der Waals surface area contributed by atoms with Crippen LogP contribution in [0, 0.1) is 18.3 Å². The zero-order chi connectivity index (χ0) is 23.8. The van der Waals surface area contributed by atoms with Gasteiger partial charge >= 0.3 is 0 Å². The van der Waals surface area contributed by atoms with Crippen LogP contribution in [0.25, 0.3) is 0 Å². The summed E-state index contributed by atoms with van der Waals surface area (Å²) in [6, 6.07) is 15.8. The van der Waals surface area contributed by atoms with Gasteiger partial charge in [0.25, 0.3) is 15.9 Å². The highest BCUT2D eigenvalue weighted by Crippen LogP contribution is 2.45. The van der Waals surface area contributed by atoms with Crippen LogP contribution in [0.5, 0.6) is 0 Å². The summed E-state index contributed by atoms with van der Waals surface area (Å²) in [6.45, 7) is 8.70. The summed E-state index contributed by atoms with van der Waals surface area (Å²) in [5.74, 6) is 0.201. The minimum Gasteiger partial charge on any atom is -0.322 e. The lowest BCUT2D eigenvalue weighted by atomic mass is 9.72. The third kappa shape index (κ3) is 5.14. The van der Waals surface area contributed by atoms with Crippen LogP contribution in [0.15, 0.2) is 59.5 Å². The molecule has 1 heterocycles. The number of hydrogen-bond donors (Lipinski definition) is 2. The maximum atomic E-state index is 13.4. The van der Waals surface area contributed by atoms with Crippen molar-refractivity contribution in [3.05, 3.63) is 76.2 Å². The van der Waals surface area contributed by atoms with Gasteiger partial charge in [-0.2, -0.15) is 0 Å². The number of nitrogens with one attached hydrogen (secondary N) is 2.